The van der Waals surface area contributed by atoms with Gasteiger partial charge in [0.15, 0.2) is 0 Å². The Morgan fingerprint density at radius 2 is 2.00 bits per heavy atom. The second-order valence-corrected chi connectivity index (χ2v) is 6.76. The normalized spacial score (nSPS) is 25.0. The van der Waals surface area contributed by atoms with E-state index in [0.29, 0.717) is 5.92 Å². The van der Waals surface area contributed by atoms with Crippen LogP contribution in [0.1, 0.15) is 50.0 Å². The quantitative estimate of drug-likeness (QED) is 0.541. The molecule has 3 nitrogen and oxygen atoms in total. The van der Waals surface area contributed by atoms with E-state index in [0.717, 1.165) is 38.5 Å². The predicted molar refractivity (Wildman–Crippen MR) is 84.7 cm³/mol. The van der Waals surface area contributed by atoms with Gasteiger partial charge in [-0.3, -0.25) is 0 Å². The maximum absolute atomic E-state index is 10.8. The molecule has 1 aromatic rings. The molecule has 1 saturated carbocycles. The van der Waals surface area contributed by atoms with E-state index in [4.69, 9.17) is 0 Å². The lowest BCUT2D eigenvalue weighted by atomic mass is 9.88. The number of anilines is 1. The summed E-state index contributed by atoms with van der Waals surface area (Å²) in [6.07, 6.45) is 8.27. The zero-order valence-corrected chi connectivity index (χ0v) is 15.1. The van der Waals surface area contributed by atoms with Crippen molar-refractivity contribution in [1.29, 1.82) is 0 Å². The van der Waals surface area contributed by atoms with E-state index in [2.05, 4.69) is 47.4 Å². The Morgan fingerprint density at radius 1 is 1.27 bits per heavy atom. The molecule has 1 fully saturated rings. The minimum Gasteiger partial charge on any atom is -1.00 e. The minimum absolute atomic E-state index is 0. The standard InChI is InChI=1S/C18H23N2O.HI/c1-20-11-8-14-13-6-2-3-7-15(13)19-17(14)16(20)12-18(21)9-4-5-10-18;/h2-3,6-7,11,14,19,21H,4-5,8-10,12H2,1H3;1H/q+1;/p-1. The monoisotopic (exact) mass is 410 g/mol. The molecule has 2 heterocycles. The van der Waals surface area contributed by atoms with Crippen molar-refractivity contribution in [2.24, 2.45) is 0 Å². The van der Waals surface area contributed by atoms with Gasteiger partial charge in [0.25, 0.3) is 0 Å². The predicted octanol–water partition coefficient (Wildman–Crippen LogP) is 0.223. The number of nitrogens with zero attached hydrogens (tertiary/aromatic N) is 1. The Hall–Kier alpha value is -0.880. The number of rotatable bonds is 2. The van der Waals surface area contributed by atoms with Gasteiger partial charge >= 0.3 is 0 Å². The molecule has 1 aromatic carbocycles. The molecule has 118 valence electrons. The number of allylic oxidation sites excluding steroid dienone is 1. The molecule has 2 aliphatic heterocycles. The Kier molecular flexibility index (Phi) is 4.34. The number of fused-ring (bicyclic) bond motifs is 3. The molecular weight excluding hydrogens is 387 g/mol. The number of hydrogen-bond acceptors (Lipinski definition) is 2. The molecule has 22 heavy (non-hydrogen) atoms. The van der Waals surface area contributed by atoms with Crippen LogP contribution in [0.3, 0.4) is 0 Å². The molecule has 1 aliphatic carbocycles. The van der Waals surface area contributed by atoms with Crippen molar-refractivity contribution in [3.63, 3.8) is 0 Å². The molecule has 0 saturated heterocycles. The average Bonchev–Trinajstić information content (AvgIpc) is 3.06. The van der Waals surface area contributed by atoms with E-state index < -0.39 is 5.60 Å². The van der Waals surface area contributed by atoms with E-state index in [1.807, 2.05) is 0 Å². The molecular formula is C18H23IN2O. The first-order valence-corrected chi connectivity index (χ1v) is 8.04. The summed E-state index contributed by atoms with van der Waals surface area (Å²) in [7, 11) is 2.11. The summed E-state index contributed by atoms with van der Waals surface area (Å²) in [5, 5.41) is 14.4. The maximum Gasteiger partial charge on any atom is 0.203 e. The van der Waals surface area contributed by atoms with Crippen molar-refractivity contribution in [2.45, 2.75) is 50.0 Å². The maximum atomic E-state index is 10.8. The van der Waals surface area contributed by atoms with Gasteiger partial charge in [-0.25, -0.2) is 4.58 Å². The highest BCUT2D eigenvalue weighted by molar-refractivity contribution is 5.70. The second-order valence-electron chi connectivity index (χ2n) is 6.76. The highest BCUT2D eigenvalue weighted by atomic mass is 127. The van der Waals surface area contributed by atoms with Gasteiger partial charge in [0.2, 0.25) is 5.70 Å². The third kappa shape index (κ3) is 2.60. The van der Waals surface area contributed by atoms with Crippen LogP contribution in [0.15, 0.2) is 35.7 Å². The molecule has 1 atom stereocenters. The summed E-state index contributed by atoms with van der Waals surface area (Å²) in [6.45, 7) is 0. The third-order valence-corrected chi connectivity index (χ3v) is 5.34. The summed E-state index contributed by atoms with van der Waals surface area (Å²) < 4.78 is 2.22. The second kappa shape index (κ2) is 5.96. The summed E-state index contributed by atoms with van der Waals surface area (Å²) >= 11 is 0. The van der Waals surface area contributed by atoms with Gasteiger partial charge in [0.05, 0.1) is 17.7 Å². The van der Waals surface area contributed by atoms with Crippen LogP contribution in [-0.2, 0) is 0 Å². The van der Waals surface area contributed by atoms with Gasteiger partial charge in [-0.2, -0.15) is 0 Å². The Labute approximate surface area is 149 Å². The number of aliphatic hydroxyl groups is 1. The van der Waals surface area contributed by atoms with E-state index in [1.165, 1.54) is 22.6 Å². The van der Waals surface area contributed by atoms with Crippen LogP contribution in [-0.4, -0.2) is 28.5 Å². The molecule has 3 aliphatic rings. The third-order valence-electron chi connectivity index (χ3n) is 5.34. The van der Waals surface area contributed by atoms with Gasteiger partial charge in [0.1, 0.15) is 13.3 Å². The van der Waals surface area contributed by atoms with Crippen LogP contribution >= 0.6 is 0 Å². The van der Waals surface area contributed by atoms with E-state index in [-0.39, 0.29) is 24.0 Å². The SMILES string of the molecule is C[N+]1=CCC2C(=C1CC1(O)CCCC1)Nc1ccccc12.[I-]. The zero-order chi connectivity index (χ0) is 14.4. The highest BCUT2D eigenvalue weighted by Crippen LogP contribution is 2.45. The lowest BCUT2D eigenvalue weighted by Gasteiger charge is -2.25. The molecule has 0 bridgehead atoms. The zero-order valence-electron chi connectivity index (χ0n) is 13.0. The lowest BCUT2D eigenvalue weighted by Crippen LogP contribution is -3.00. The number of para-hydroxylation sites is 1. The molecule has 4 heteroatoms. The summed E-state index contributed by atoms with van der Waals surface area (Å²) in [5.74, 6) is 0.442. The van der Waals surface area contributed by atoms with Crippen molar-refractivity contribution >= 4 is 11.9 Å². The van der Waals surface area contributed by atoms with Gasteiger partial charge < -0.3 is 34.4 Å². The fourth-order valence-electron chi connectivity index (χ4n) is 4.13. The number of nitrogens with one attached hydrogen (secondary N) is 1. The number of halogens is 1. The van der Waals surface area contributed by atoms with Crippen molar-refractivity contribution in [2.75, 3.05) is 12.4 Å². The Bertz CT molecular complexity index is 644. The van der Waals surface area contributed by atoms with Crippen molar-refractivity contribution in [3.8, 4) is 0 Å². The van der Waals surface area contributed by atoms with E-state index >= 15 is 0 Å². The molecule has 2 N–H and O–H groups in total. The average molecular weight is 410 g/mol. The highest BCUT2D eigenvalue weighted by Gasteiger charge is 2.41. The fourth-order valence-corrected chi connectivity index (χ4v) is 4.13. The van der Waals surface area contributed by atoms with E-state index in [9.17, 15) is 5.11 Å². The molecule has 0 amide bonds. The summed E-state index contributed by atoms with van der Waals surface area (Å²) in [4.78, 5) is 0. The smallest absolute Gasteiger partial charge is 0.203 e. The Morgan fingerprint density at radius 3 is 2.77 bits per heavy atom. The van der Waals surface area contributed by atoms with Gasteiger partial charge in [-0.15, -0.1) is 0 Å². The number of hydrogen-bond donors (Lipinski definition) is 2. The van der Waals surface area contributed by atoms with Gasteiger partial charge in [-0.05, 0) is 24.5 Å². The van der Waals surface area contributed by atoms with E-state index in [1.54, 1.807) is 0 Å². The van der Waals surface area contributed by atoms with Crippen LogP contribution in [0, 0.1) is 0 Å². The van der Waals surface area contributed by atoms with Crippen LogP contribution in [0.5, 0.6) is 0 Å². The largest absolute Gasteiger partial charge is 1.00 e. The molecule has 0 spiro atoms. The molecule has 0 radical (unpaired) electrons. The first-order chi connectivity index (χ1) is 10.2. The van der Waals surface area contributed by atoms with Crippen molar-refractivity contribution < 1.29 is 33.7 Å². The summed E-state index contributed by atoms with van der Waals surface area (Å²) in [6, 6.07) is 8.58. The fraction of sp³-hybridized carbons (Fsp3) is 0.500. The molecule has 1 unspecified atom stereocenters. The first kappa shape index (κ1) is 16.0. The van der Waals surface area contributed by atoms with Crippen LogP contribution in [0.25, 0.3) is 0 Å². The minimum atomic E-state index is -0.497. The number of benzene rings is 1. The first-order valence-electron chi connectivity index (χ1n) is 8.04. The van der Waals surface area contributed by atoms with Crippen LogP contribution in [0.4, 0.5) is 5.69 Å². The van der Waals surface area contributed by atoms with Crippen LogP contribution < -0.4 is 29.3 Å². The topological polar surface area (TPSA) is 35.3 Å². The molecule has 0 aromatic heterocycles. The van der Waals surface area contributed by atoms with Crippen molar-refractivity contribution in [3.05, 3.63) is 41.2 Å². The van der Waals surface area contributed by atoms with Crippen molar-refractivity contribution in [1.82, 2.24) is 0 Å². The van der Waals surface area contributed by atoms with Crippen LogP contribution in [0.2, 0.25) is 0 Å². The molecule has 4 rings (SSSR count). The summed E-state index contributed by atoms with van der Waals surface area (Å²) in [5.41, 5.74) is 4.71. The van der Waals surface area contributed by atoms with Gasteiger partial charge in [-0.1, -0.05) is 31.0 Å². The van der Waals surface area contributed by atoms with Gasteiger partial charge in [0, 0.05) is 18.0 Å². The lowest BCUT2D eigenvalue weighted by molar-refractivity contribution is -0.448. The Balaban J connectivity index is 0.00000144.